The fourth-order valence-corrected chi connectivity index (χ4v) is 2.10. The second kappa shape index (κ2) is 4.52. The highest BCUT2D eigenvalue weighted by Crippen LogP contribution is 2.25. The molecule has 0 bridgehead atoms. The number of carbonyl (C=O) groups is 2. The Balaban J connectivity index is 2.69. The van der Waals surface area contributed by atoms with Crippen molar-refractivity contribution in [3.8, 4) is 0 Å². The summed E-state index contributed by atoms with van der Waals surface area (Å²) in [7, 11) is 1.31. The molecular formula is C13H13NO4. The number of benzene rings is 1. The Kier molecular flexibility index (Phi) is 3.06. The molecule has 0 aliphatic rings. The van der Waals surface area contributed by atoms with Crippen LogP contribution in [0.25, 0.3) is 10.9 Å². The van der Waals surface area contributed by atoms with Gasteiger partial charge in [-0.05, 0) is 13.0 Å². The third kappa shape index (κ3) is 1.84. The van der Waals surface area contributed by atoms with Gasteiger partial charge in [0, 0.05) is 16.6 Å². The van der Waals surface area contributed by atoms with Crippen LogP contribution in [0.2, 0.25) is 0 Å². The number of carboxylic acid groups (broad SMARTS) is 1. The molecule has 5 nitrogen and oxygen atoms in total. The monoisotopic (exact) mass is 247 g/mol. The molecule has 0 unspecified atom stereocenters. The second-order valence-electron chi connectivity index (χ2n) is 3.94. The summed E-state index contributed by atoms with van der Waals surface area (Å²) in [5, 5.41) is 9.87. The quantitative estimate of drug-likeness (QED) is 0.840. The molecule has 0 spiro atoms. The first-order valence-electron chi connectivity index (χ1n) is 5.44. The fraction of sp³-hybridized carbons (Fsp3) is 0.231. The van der Waals surface area contributed by atoms with E-state index in [2.05, 4.69) is 4.74 Å². The van der Waals surface area contributed by atoms with E-state index in [1.165, 1.54) is 7.11 Å². The van der Waals surface area contributed by atoms with E-state index in [1.807, 2.05) is 0 Å². The summed E-state index contributed by atoms with van der Waals surface area (Å²) in [5.41, 5.74) is 1.50. The van der Waals surface area contributed by atoms with E-state index in [0.29, 0.717) is 11.1 Å². The van der Waals surface area contributed by atoms with E-state index in [-0.39, 0.29) is 12.1 Å². The van der Waals surface area contributed by atoms with Gasteiger partial charge in [-0.15, -0.1) is 0 Å². The van der Waals surface area contributed by atoms with Crippen molar-refractivity contribution in [2.24, 2.45) is 0 Å². The zero-order valence-corrected chi connectivity index (χ0v) is 10.1. The smallest absolute Gasteiger partial charge is 0.338 e. The molecule has 5 heteroatoms. The van der Waals surface area contributed by atoms with Crippen LogP contribution in [-0.4, -0.2) is 28.7 Å². The highest BCUT2D eigenvalue weighted by atomic mass is 16.5. The molecule has 0 saturated heterocycles. The summed E-state index contributed by atoms with van der Waals surface area (Å²) >= 11 is 0. The van der Waals surface area contributed by atoms with Gasteiger partial charge in [-0.1, -0.05) is 18.2 Å². The molecule has 0 aliphatic heterocycles. The Morgan fingerprint density at radius 3 is 2.61 bits per heavy atom. The zero-order chi connectivity index (χ0) is 13.3. The number of hydrogen-bond acceptors (Lipinski definition) is 3. The highest BCUT2D eigenvalue weighted by molar-refractivity contribution is 6.05. The fourth-order valence-electron chi connectivity index (χ4n) is 2.10. The Hall–Kier alpha value is -2.30. The Morgan fingerprint density at radius 2 is 2.00 bits per heavy atom. The van der Waals surface area contributed by atoms with Crippen LogP contribution in [-0.2, 0) is 16.1 Å². The molecule has 18 heavy (non-hydrogen) atoms. The van der Waals surface area contributed by atoms with Crippen LogP contribution in [0.5, 0.6) is 0 Å². The van der Waals surface area contributed by atoms with E-state index >= 15 is 0 Å². The molecular weight excluding hydrogens is 234 g/mol. The first-order chi connectivity index (χ1) is 8.56. The predicted molar refractivity (Wildman–Crippen MR) is 65.7 cm³/mol. The average molecular weight is 247 g/mol. The summed E-state index contributed by atoms with van der Waals surface area (Å²) < 4.78 is 6.28. The molecule has 0 amide bonds. The van der Waals surface area contributed by atoms with Gasteiger partial charge in [-0.3, -0.25) is 4.79 Å². The lowest BCUT2D eigenvalue weighted by Gasteiger charge is -2.06. The molecule has 0 aliphatic carbocycles. The summed E-state index contributed by atoms with van der Waals surface area (Å²) in [6.45, 7) is 1.70. The van der Waals surface area contributed by atoms with Gasteiger partial charge >= 0.3 is 11.9 Å². The van der Waals surface area contributed by atoms with Gasteiger partial charge in [-0.25, -0.2) is 4.79 Å². The number of nitrogens with zero attached hydrogens (tertiary/aromatic N) is 1. The number of carbonyl (C=O) groups excluding carboxylic acids is 1. The maximum absolute atomic E-state index is 11.4. The summed E-state index contributed by atoms with van der Waals surface area (Å²) in [6, 6.07) is 7.11. The van der Waals surface area contributed by atoms with Crippen molar-refractivity contribution in [1.29, 1.82) is 0 Å². The van der Waals surface area contributed by atoms with Crippen LogP contribution < -0.4 is 0 Å². The zero-order valence-electron chi connectivity index (χ0n) is 10.1. The number of esters is 1. The lowest BCUT2D eigenvalue weighted by molar-refractivity contribution is -0.141. The maximum Gasteiger partial charge on any atom is 0.338 e. The van der Waals surface area contributed by atoms with Crippen LogP contribution in [0.1, 0.15) is 16.1 Å². The highest BCUT2D eigenvalue weighted by Gasteiger charge is 2.20. The van der Waals surface area contributed by atoms with E-state index in [1.54, 1.807) is 35.8 Å². The first kappa shape index (κ1) is 12.2. The molecule has 0 radical (unpaired) electrons. The summed E-state index contributed by atoms with van der Waals surface area (Å²) in [5.74, 6) is -1.40. The normalized spacial score (nSPS) is 10.6. The minimum absolute atomic E-state index is 0.0100. The first-order valence-corrected chi connectivity index (χ1v) is 5.44. The van der Waals surface area contributed by atoms with E-state index in [9.17, 15) is 14.7 Å². The lowest BCUT2D eigenvalue weighted by atomic mass is 10.1. The van der Waals surface area contributed by atoms with E-state index < -0.39 is 11.9 Å². The standard InChI is InChI=1S/C13H13NO4/c1-8-12(13(16)17)9-5-3-4-6-10(9)14(8)7-11(15)18-2/h3-6H,7H2,1-2H3,(H,16,17). The Labute approximate surface area is 104 Å². The number of aromatic nitrogens is 1. The number of ether oxygens (including phenoxy) is 1. The molecule has 1 aromatic heterocycles. The van der Waals surface area contributed by atoms with Crippen molar-refractivity contribution in [1.82, 2.24) is 4.57 Å². The molecule has 0 atom stereocenters. The predicted octanol–water partition coefficient (Wildman–Crippen LogP) is 1.82. The van der Waals surface area contributed by atoms with Crippen molar-refractivity contribution >= 4 is 22.8 Å². The van der Waals surface area contributed by atoms with E-state index in [4.69, 9.17) is 0 Å². The van der Waals surface area contributed by atoms with Crippen LogP contribution in [0.3, 0.4) is 0 Å². The lowest BCUT2D eigenvalue weighted by Crippen LogP contribution is -2.13. The molecule has 0 saturated carbocycles. The molecule has 1 aromatic carbocycles. The van der Waals surface area contributed by atoms with Gasteiger partial charge in [0.1, 0.15) is 6.54 Å². The molecule has 1 N–H and O–H groups in total. The van der Waals surface area contributed by atoms with Crippen LogP contribution in [0.4, 0.5) is 0 Å². The van der Waals surface area contributed by atoms with E-state index in [0.717, 1.165) is 5.52 Å². The largest absolute Gasteiger partial charge is 0.478 e. The van der Waals surface area contributed by atoms with Crippen molar-refractivity contribution in [2.45, 2.75) is 13.5 Å². The number of fused-ring (bicyclic) bond motifs is 1. The van der Waals surface area contributed by atoms with Crippen molar-refractivity contribution in [3.05, 3.63) is 35.5 Å². The van der Waals surface area contributed by atoms with Crippen LogP contribution in [0, 0.1) is 6.92 Å². The topological polar surface area (TPSA) is 68.5 Å². The van der Waals surface area contributed by atoms with Gasteiger partial charge in [0.15, 0.2) is 0 Å². The van der Waals surface area contributed by atoms with Gasteiger partial charge in [-0.2, -0.15) is 0 Å². The summed E-state index contributed by atoms with van der Waals surface area (Å²) in [6.07, 6.45) is 0. The van der Waals surface area contributed by atoms with Gasteiger partial charge in [0.2, 0.25) is 0 Å². The van der Waals surface area contributed by atoms with Gasteiger partial charge < -0.3 is 14.4 Å². The Bertz CT molecular complexity index is 627. The third-order valence-corrected chi connectivity index (χ3v) is 2.96. The van der Waals surface area contributed by atoms with Gasteiger partial charge in [0.05, 0.1) is 12.7 Å². The SMILES string of the molecule is COC(=O)Cn1c(C)c(C(=O)O)c2ccccc21. The van der Waals surface area contributed by atoms with Crippen molar-refractivity contribution < 1.29 is 19.4 Å². The average Bonchev–Trinajstić information content (AvgIpc) is 2.62. The molecule has 2 aromatic rings. The van der Waals surface area contributed by atoms with Crippen molar-refractivity contribution in [3.63, 3.8) is 0 Å². The van der Waals surface area contributed by atoms with Gasteiger partial charge in [0.25, 0.3) is 0 Å². The minimum Gasteiger partial charge on any atom is -0.478 e. The molecule has 0 fully saturated rings. The number of hydrogen-bond donors (Lipinski definition) is 1. The number of rotatable bonds is 3. The second-order valence-corrected chi connectivity index (χ2v) is 3.94. The molecule has 2 rings (SSSR count). The molecule has 94 valence electrons. The number of aromatic carboxylic acids is 1. The minimum atomic E-state index is -0.993. The number of para-hydroxylation sites is 1. The Morgan fingerprint density at radius 1 is 1.33 bits per heavy atom. The van der Waals surface area contributed by atoms with Crippen LogP contribution in [0.15, 0.2) is 24.3 Å². The summed E-state index contributed by atoms with van der Waals surface area (Å²) in [4.78, 5) is 22.6. The molecule has 1 heterocycles. The third-order valence-electron chi connectivity index (χ3n) is 2.96. The van der Waals surface area contributed by atoms with Crippen LogP contribution >= 0.6 is 0 Å². The number of carboxylic acids is 1. The van der Waals surface area contributed by atoms with Crippen molar-refractivity contribution in [2.75, 3.05) is 7.11 Å². The number of methoxy groups -OCH3 is 1. The maximum atomic E-state index is 11.4.